The van der Waals surface area contributed by atoms with E-state index in [-0.39, 0.29) is 151 Å². The summed E-state index contributed by atoms with van der Waals surface area (Å²) in [5, 5.41) is 31.4. The van der Waals surface area contributed by atoms with Crippen molar-refractivity contribution < 1.29 is 195 Å². The van der Waals surface area contributed by atoms with E-state index in [1.807, 2.05) is 0 Å². The number of phenols is 2. The number of amides is 2. The molecule has 0 saturated carbocycles. The maximum Gasteiger partial charge on any atom is 1.00 e. The predicted molar refractivity (Wildman–Crippen MR) is 204 cm³/mol. The predicted octanol–water partition coefficient (Wildman–Crippen LogP) is -12.4. The van der Waals surface area contributed by atoms with Gasteiger partial charge in [0.05, 0.1) is 31.0 Å². The normalized spacial score (nSPS) is 14.8. The van der Waals surface area contributed by atoms with Crippen LogP contribution in [0, 0.1) is 0 Å². The summed E-state index contributed by atoms with van der Waals surface area (Å²) < 4.78 is 142. The number of urea groups is 1. The molecule has 0 fully saturated rings. The zero-order valence-corrected chi connectivity index (χ0v) is 44.4. The zero-order chi connectivity index (χ0) is 44.1. The van der Waals surface area contributed by atoms with Crippen LogP contribution >= 0.6 is 0 Å². The number of ketones is 2. The average Bonchev–Trinajstić information content (AvgIpc) is 3.12. The van der Waals surface area contributed by atoms with Crippen LogP contribution in [-0.2, 0) is 45.3 Å². The molecule has 2 amide bonds. The molecule has 0 bridgehead atoms. The Hall–Kier alpha value is -2.85. The summed E-state index contributed by atoms with van der Waals surface area (Å²) in [5.74, 6) is -3.64. The second kappa shape index (κ2) is 21.8. The molecule has 0 aliphatic heterocycles. The molecule has 64 heavy (non-hydrogen) atoms. The van der Waals surface area contributed by atoms with Crippen molar-refractivity contribution in [2.45, 2.75) is 9.79 Å². The summed E-state index contributed by atoms with van der Waals surface area (Å²) in [5.41, 5.74) is 0.509. The van der Waals surface area contributed by atoms with Crippen molar-refractivity contribution in [3.8, 4) is 11.5 Å². The molecule has 4 aromatic carbocycles. The van der Waals surface area contributed by atoms with E-state index in [1.165, 1.54) is 6.07 Å². The summed E-state index contributed by atoms with van der Waals surface area (Å²) in [6, 6.07) is 10.1. The minimum Gasteiger partial charge on any atom is -0.744 e. The summed E-state index contributed by atoms with van der Waals surface area (Å²) in [6.45, 7) is 0. The Labute approximate surface area is 450 Å². The number of carbonyl (C=O) groups excluding carboxylic acids is 3. The van der Waals surface area contributed by atoms with Crippen LogP contribution in [0.2, 0.25) is 0 Å². The molecule has 0 atom stereocenters. The number of aromatic hydroxyl groups is 2. The van der Waals surface area contributed by atoms with Gasteiger partial charge in [-0.3, -0.25) is 20.4 Å². The van der Waals surface area contributed by atoms with Gasteiger partial charge in [-0.05, 0) is 89.7 Å². The number of carbonyl (C=O) groups is 3. The standard InChI is InChI=1S/C33H24N6O17S4.4Na/c40-25-7-3-19(57(45,46)47)13-23(25)36-38-29-27(42)11-15-9-18(2-6-22(15)32(29)60(54,55)56)35-33(44)34-17-1-5-21-16(10-17)12-28(59(51,52)53)30(31(21)43)39-37-24-14-20(58(48,49)50)4-8-26(24)41;;;;/h1-14,36-37,40-41H,(H2,34,35,44)(H,45,46,47)(H,48,49,50)(H,51,52,53)(H,54,55,56);;;;/q;4*+1/p-4/b38-29-,39-30-;;;;. The van der Waals surface area contributed by atoms with Crippen molar-refractivity contribution in [3.05, 3.63) is 99.3 Å². The number of hydrazone groups is 2. The van der Waals surface area contributed by atoms with Gasteiger partial charge in [-0.2, -0.15) is 10.2 Å². The van der Waals surface area contributed by atoms with Gasteiger partial charge < -0.3 is 39.1 Å². The van der Waals surface area contributed by atoms with Gasteiger partial charge in [0, 0.05) is 22.2 Å². The van der Waals surface area contributed by atoms with Crippen LogP contribution in [0.25, 0.3) is 17.1 Å². The molecule has 0 aromatic heterocycles. The van der Waals surface area contributed by atoms with Crippen LogP contribution in [0.1, 0.15) is 15.9 Å². The number of nitrogens with one attached hydrogen (secondary N) is 4. The number of phenolic OH excluding ortho intramolecular Hbond substituents is 2. The van der Waals surface area contributed by atoms with E-state index in [2.05, 4.69) is 31.7 Å². The van der Waals surface area contributed by atoms with Crippen molar-refractivity contribution in [2.75, 3.05) is 21.5 Å². The van der Waals surface area contributed by atoms with Crippen LogP contribution in [-0.4, -0.2) is 91.1 Å². The molecule has 0 radical (unpaired) electrons. The Kier molecular flexibility index (Phi) is 19.6. The molecule has 23 nitrogen and oxygen atoms in total. The van der Waals surface area contributed by atoms with E-state index in [4.69, 9.17) is 0 Å². The molecule has 6 N–H and O–H groups in total. The number of anilines is 4. The molecule has 2 aliphatic carbocycles. The molecule has 0 unspecified atom stereocenters. The molecule has 4 aromatic rings. The number of Topliss-reactive ketones (excluding diaryl/α,β-unsaturated/α-hetero) is 2. The maximum atomic E-state index is 13.3. The van der Waals surface area contributed by atoms with E-state index >= 15 is 0 Å². The Bertz CT molecular complexity index is 3310. The van der Waals surface area contributed by atoms with Crippen molar-refractivity contribution in [1.29, 1.82) is 0 Å². The number of hydrogen-bond acceptors (Lipinski definition) is 21. The Morgan fingerprint density at radius 2 is 1.05 bits per heavy atom. The first kappa shape index (κ1) is 57.3. The van der Waals surface area contributed by atoms with Crippen molar-refractivity contribution >= 4 is 109 Å². The van der Waals surface area contributed by atoms with E-state index in [0.29, 0.717) is 12.1 Å². The van der Waals surface area contributed by atoms with E-state index in [1.54, 1.807) is 0 Å². The van der Waals surface area contributed by atoms with Gasteiger partial charge in [0.2, 0.25) is 11.6 Å². The monoisotopic (exact) mass is 992 g/mol. The van der Waals surface area contributed by atoms with Gasteiger partial charge in [-0.25, -0.2) is 38.5 Å². The van der Waals surface area contributed by atoms with E-state index in [9.17, 15) is 76.5 Å². The zero-order valence-electron chi connectivity index (χ0n) is 33.1. The summed E-state index contributed by atoms with van der Waals surface area (Å²) in [6.07, 6.45) is 1.59. The van der Waals surface area contributed by atoms with Crippen molar-refractivity contribution in [1.82, 2.24) is 0 Å². The fourth-order valence-electron chi connectivity index (χ4n) is 5.53. The van der Waals surface area contributed by atoms with Crippen LogP contribution < -0.4 is 150 Å². The van der Waals surface area contributed by atoms with Crippen molar-refractivity contribution in [3.63, 3.8) is 0 Å². The second-order valence-corrected chi connectivity index (χ2v) is 17.6. The first-order valence-electron chi connectivity index (χ1n) is 15.9. The largest absolute Gasteiger partial charge is 1.00 e. The minimum atomic E-state index is -5.49. The number of allylic oxidation sites excluding steroid dienone is 1. The fourth-order valence-corrected chi connectivity index (χ4v) is 8.01. The van der Waals surface area contributed by atoms with Gasteiger partial charge in [0.1, 0.15) is 63.4 Å². The summed E-state index contributed by atoms with van der Waals surface area (Å²) >= 11 is 0. The molecule has 312 valence electrons. The Morgan fingerprint density at radius 1 is 0.562 bits per heavy atom. The number of nitrogens with zero attached hydrogens (tertiary/aromatic N) is 2. The number of rotatable bonds is 10. The van der Waals surface area contributed by atoms with Crippen LogP contribution in [0.15, 0.2) is 97.7 Å². The second-order valence-electron chi connectivity index (χ2n) is 12.2. The van der Waals surface area contributed by atoms with Crippen LogP contribution in [0.5, 0.6) is 11.5 Å². The molecular weight excluding hydrogens is 973 g/mol. The van der Waals surface area contributed by atoms with Crippen LogP contribution in [0.4, 0.5) is 27.5 Å². The molecule has 0 spiro atoms. The molecule has 6 rings (SSSR count). The molecular formula is C33H20N6Na4O17S4. The number of benzene rings is 4. The van der Waals surface area contributed by atoms with E-state index < -0.39 is 112 Å². The topological polar surface area (TPSA) is 393 Å². The molecule has 2 aliphatic rings. The average molecular weight is 993 g/mol. The molecule has 0 saturated heterocycles. The maximum absolute atomic E-state index is 13.3. The van der Waals surface area contributed by atoms with Crippen molar-refractivity contribution in [2.24, 2.45) is 10.2 Å². The Balaban J connectivity index is 0.00000352. The third kappa shape index (κ3) is 13.2. The molecule has 0 heterocycles. The quantitative estimate of drug-likeness (QED) is 0.0372. The number of hydrogen-bond donors (Lipinski definition) is 6. The SMILES string of the molecule is O=C(Nc1ccc2c(c1)C=C(S(=O)(=O)[O-])/C(=N/Nc1cc(S(=O)(=O)[O-])ccc1O)C2=O)Nc1ccc2c(c1)=CC(=O)/C(=N/Nc1cc(S(=O)(=O)[O-])ccc1O)C=2S(=O)(=O)[O-].[Na+].[Na+].[Na+].[Na+]. The summed E-state index contributed by atoms with van der Waals surface area (Å²) in [7, 11) is -21.0. The Morgan fingerprint density at radius 3 is 1.53 bits per heavy atom. The summed E-state index contributed by atoms with van der Waals surface area (Å²) in [4.78, 5) is 35.4. The van der Waals surface area contributed by atoms with Gasteiger partial charge in [-0.15, -0.1) is 0 Å². The number of fused-ring (bicyclic) bond motifs is 2. The smallest absolute Gasteiger partial charge is 0.744 e. The van der Waals surface area contributed by atoms with Gasteiger partial charge in [0.25, 0.3) is 0 Å². The first-order valence-corrected chi connectivity index (χ1v) is 21.5. The third-order valence-corrected chi connectivity index (χ3v) is 11.6. The van der Waals surface area contributed by atoms with Gasteiger partial charge in [-0.1, -0.05) is 6.07 Å². The fraction of sp³-hybridized carbons (Fsp3) is 0. The van der Waals surface area contributed by atoms with Gasteiger partial charge in [0.15, 0.2) is 0 Å². The van der Waals surface area contributed by atoms with Crippen LogP contribution in [0.3, 0.4) is 0 Å². The van der Waals surface area contributed by atoms with E-state index in [0.717, 1.165) is 66.7 Å². The minimum absolute atomic E-state index is 0. The van der Waals surface area contributed by atoms with Gasteiger partial charge >= 0.3 is 124 Å². The third-order valence-electron chi connectivity index (χ3n) is 8.19. The molecule has 31 heteroatoms. The first-order chi connectivity index (χ1) is 27.8.